The molecular formula is C14H20BrNO. The predicted octanol–water partition coefficient (Wildman–Crippen LogP) is 4.30. The molecule has 0 aliphatic heterocycles. The summed E-state index contributed by atoms with van der Waals surface area (Å²) in [6, 6.07) is 3.95. The first-order valence-corrected chi connectivity index (χ1v) is 7.08. The van der Waals surface area contributed by atoms with Gasteiger partial charge in [-0.15, -0.1) is 0 Å². The summed E-state index contributed by atoms with van der Waals surface area (Å²) in [5, 5.41) is 0. The van der Waals surface area contributed by atoms with Crippen molar-refractivity contribution in [3.63, 3.8) is 0 Å². The van der Waals surface area contributed by atoms with Gasteiger partial charge in [0.2, 0.25) is 0 Å². The highest BCUT2D eigenvalue weighted by Crippen LogP contribution is 2.33. The number of benzene rings is 1. The second-order valence-electron chi connectivity index (χ2n) is 5.14. The summed E-state index contributed by atoms with van der Waals surface area (Å²) in [6.45, 7) is 4.33. The fraction of sp³-hybridized carbons (Fsp3) is 0.571. The highest BCUT2D eigenvalue weighted by molar-refractivity contribution is 9.10. The Balaban J connectivity index is 2.06. The van der Waals surface area contributed by atoms with Crippen molar-refractivity contribution >= 4 is 21.6 Å². The number of nitrogen functional groups attached to an aromatic ring is 1. The van der Waals surface area contributed by atoms with Crippen LogP contribution >= 0.6 is 15.9 Å². The Bertz CT molecular complexity index is 397. The zero-order valence-electron chi connectivity index (χ0n) is 10.5. The van der Waals surface area contributed by atoms with Crippen LogP contribution in [0.5, 0.6) is 5.75 Å². The highest BCUT2D eigenvalue weighted by atomic mass is 79.9. The number of rotatable bonds is 2. The zero-order chi connectivity index (χ0) is 12.4. The van der Waals surface area contributed by atoms with Crippen molar-refractivity contribution in [3.05, 3.63) is 22.2 Å². The molecule has 0 amide bonds. The van der Waals surface area contributed by atoms with Gasteiger partial charge in [-0.05, 0) is 72.2 Å². The normalized spacial score (nSPS) is 24.6. The Morgan fingerprint density at radius 1 is 1.24 bits per heavy atom. The quantitative estimate of drug-likeness (QED) is 0.826. The van der Waals surface area contributed by atoms with Gasteiger partial charge in [-0.1, -0.05) is 6.92 Å². The van der Waals surface area contributed by atoms with E-state index in [-0.39, 0.29) is 0 Å². The van der Waals surface area contributed by atoms with E-state index in [0.717, 1.165) is 40.2 Å². The molecule has 1 fully saturated rings. The van der Waals surface area contributed by atoms with Crippen LogP contribution in [0.25, 0.3) is 0 Å². The van der Waals surface area contributed by atoms with E-state index in [0.29, 0.717) is 6.10 Å². The van der Waals surface area contributed by atoms with Gasteiger partial charge in [-0.2, -0.15) is 0 Å². The van der Waals surface area contributed by atoms with E-state index in [1.54, 1.807) is 0 Å². The third-order valence-electron chi connectivity index (χ3n) is 3.58. The number of anilines is 1. The van der Waals surface area contributed by atoms with Crippen molar-refractivity contribution in [2.24, 2.45) is 5.92 Å². The molecule has 2 N–H and O–H groups in total. The van der Waals surface area contributed by atoms with Crippen molar-refractivity contribution in [2.75, 3.05) is 5.73 Å². The van der Waals surface area contributed by atoms with Crippen molar-refractivity contribution in [2.45, 2.75) is 45.6 Å². The van der Waals surface area contributed by atoms with Gasteiger partial charge >= 0.3 is 0 Å². The maximum Gasteiger partial charge on any atom is 0.134 e. The summed E-state index contributed by atoms with van der Waals surface area (Å²) >= 11 is 3.51. The molecule has 2 nitrogen and oxygen atoms in total. The number of ether oxygens (including phenoxy) is 1. The molecular weight excluding hydrogens is 278 g/mol. The number of halogens is 1. The average Bonchev–Trinajstić information content (AvgIpc) is 2.29. The Labute approximate surface area is 112 Å². The molecule has 0 bridgehead atoms. The van der Waals surface area contributed by atoms with Crippen LogP contribution < -0.4 is 10.5 Å². The number of hydrogen-bond donors (Lipinski definition) is 1. The van der Waals surface area contributed by atoms with E-state index < -0.39 is 0 Å². The molecule has 0 saturated heterocycles. The number of hydrogen-bond acceptors (Lipinski definition) is 2. The first-order valence-electron chi connectivity index (χ1n) is 6.28. The van der Waals surface area contributed by atoms with Crippen molar-refractivity contribution in [1.82, 2.24) is 0 Å². The SMILES string of the molecule is Cc1cc(OC2CCC(C)CC2)c(Br)cc1N. The largest absolute Gasteiger partial charge is 0.489 e. The van der Waals surface area contributed by atoms with Gasteiger partial charge in [0.05, 0.1) is 10.6 Å². The fourth-order valence-corrected chi connectivity index (χ4v) is 2.74. The maximum atomic E-state index is 6.07. The van der Waals surface area contributed by atoms with E-state index in [9.17, 15) is 0 Å². The first-order chi connectivity index (χ1) is 8.06. The Morgan fingerprint density at radius 3 is 2.53 bits per heavy atom. The predicted molar refractivity (Wildman–Crippen MR) is 75.3 cm³/mol. The van der Waals surface area contributed by atoms with Crippen LogP contribution in [0.4, 0.5) is 5.69 Å². The highest BCUT2D eigenvalue weighted by Gasteiger charge is 2.20. The molecule has 1 aromatic carbocycles. The molecule has 0 aromatic heterocycles. The second kappa shape index (κ2) is 5.30. The van der Waals surface area contributed by atoms with Gasteiger partial charge in [-0.3, -0.25) is 0 Å². The third kappa shape index (κ3) is 3.15. The van der Waals surface area contributed by atoms with E-state index in [1.165, 1.54) is 12.8 Å². The molecule has 0 spiro atoms. The van der Waals surface area contributed by atoms with Crippen LogP contribution in [-0.4, -0.2) is 6.10 Å². The molecule has 0 heterocycles. The average molecular weight is 298 g/mol. The zero-order valence-corrected chi connectivity index (χ0v) is 12.1. The summed E-state index contributed by atoms with van der Waals surface area (Å²) in [7, 11) is 0. The van der Waals surface area contributed by atoms with E-state index in [1.807, 2.05) is 19.1 Å². The summed E-state index contributed by atoms with van der Waals surface area (Å²) in [5.41, 5.74) is 7.74. The first kappa shape index (κ1) is 12.7. The lowest BCUT2D eigenvalue weighted by Crippen LogP contribution is -2.23. The molecule has 94 valence electrons. The van der Waals surface area contributed by atoms with Crippen LogP contribution in [0.1, 0.15) is 38.2 Å². The lowest BCUT2D eigenvalue weighted by Gasteiger charge is -2.27. The molecule has 0 unspecified atom stereocenters. The summed E-state index contributed by atoms with van der Waals surface area (Å²) in [5.74, 6) is 1.78. The number of nitrogens with two attached hydrogens (primary N) is 1. The number of aryl methyl sites for hydroxylation is 1. The van der Waals surface area contributed by atoms with Crippen LogP contribution in [0, 0.1) is 12.8 Å². The molecule has 3 heteroatoms. The molecule has 2 rings (SSSR count). The molecule has 1 aromatic rings. The molecule has 17 heavy (non-hydrogen) atoms. The van der Waals surface area contributed by atoms with Crippen molar-refractivity contribution in [1.29, 1.82) is 0 Å². The monoisotopic (exact) mass is 297 g/mol. The summed E-state index contributed by atoms with van der Waals surface area (Å²) < 4.78 is 7.03. The van der Waals surface area contributed by atoms with E-state index in [4.69, 9.17) is 10.5 Å². The van der Waals surface area contributed by atoms with Gasteiger partial charge in [0.1, 0.15) is 5.75 Å². The lowest BCUT2D eigenvalue weighted by molar-refractivity contribution is 0.134. The van der Waals surface area contributed by atoms with Crippen LogP contribution in [-0.2, 0) is 0 Å². The van der Waals surface area contributed by atoms with Gasteiger partial charge in [0.15, 0.2) is 0 Å². The van der Waals surface area contributed by atoms with E-state index >= 15 is 0 Å². The Kier molecular flexibility index (Phi) is 3.97. The Morgan fingerprint density at radius 2 is 1.88 bits per heavy atom. The minimum Gasteiger partial charge on any atom is -0.489 e. The Hall–Kier alpha value is -0.700. The minimum atomic E-state index is 0.366. The topological polar surface area (TPSA) is 35.2 Å². The minimum absolute atomic E-state index is 0.366. The van der Waals surface area contributed by atoms with Crippen molar-refractivity contribution in [3.8, 4) is 5.75 Å². The molecule has 1 aliphatic carbocycles. The van der Waals surface area contributed by atoms with Gasteiger partial charge in [0.25, 0.3) is 0 Å². The van der Waals surface area contributed by atoms with Crippen LogP contribution in [0.2, 0.25) is 0 Å². The molecule has 1 saturated carbocycles. The van der Waals surface area contributed by atoms with Gasteiger partial charge < -0.3 is 10.5 Å². The van der Waals surface area contributed by atoms with Crippen molar-refractivity contribution < 1.29 is 4.74 Å². The standard InChI is InChI=1S/C14H20BrNO/c1-9-3-5-11(6-4-9)17-14-7-10(2)13(16)8-12(14)15/h7-9,11H,3-6,16H2,1-2H3. The van der Waals surface area contributed by atoms with E-state index in [2.05, 4.69) is 22.9 Å². The molecule has 0 atom stereocenters. The van der Waals surface area contributed by atoms with Crippen LogP contribution in [0.15, 0.2) is 16.6 Å². The lowest BCUT2D eigenvalue weighted by atomic mass is 9.89. The van der Waals surface area contributed by atoms with Gasteiger partial charge in [-0.25, -0.2) is 0 Å². The summed E-state index contributed by atoms with van der Waals surface area (Å²) in [6.07, 6.45) is 5.24. The smallest absolute Gasteiger partial charge is 0.134 e. The maximum absolute atomic E-state index is 6.07. The van der Waals surface area contributed by atoms with Gasteiger partial charge in [0, 0.05) is 5.69 Å². The van der Waals surface area contributed by atoms with Crippen LogP contribution in [0.3, 0.4) is 0 Å². The molecule has 0 radical (unpaired) electrons. The third-order valence-corrected chi connectivity index (χ3v) is 4.20. The second-order valence-corrected chi connectivity index (χ2v) is 5.99. The fourth-order valence-electron chi connectivity index (χ4n) is 2.29. The summed E-state index contributed by atoms with van der Waals surface area (Å²) in [4.78, 5) is 0. The molecule has 1 aliphatic rings.